The summed E-state index contributed by atoms with van der Waals surface area (Å²) < 4.78 is 31.1. The maximum Gasteiger partial charge on any atom is 0.331 e. The van der Waals surface area contributed by atoms with E-state index >= 15 is 0 Å². The third-order valence-corrected chi connectivity index (χ3v) is 6.95. The molecule has 6 nitrogen and oxygen atoms in total. The number of nitrogens with one attached hydrogen (secondary N) is 1. The summed E-state index contributed by atoms with van der Waals surface area (Å²) in [4.78, 5) is 7.03. The van der Waals surface area contributed by atoms with Gasteiger partial charge in [0.25, 0.3) is 0 Å². The Bertz CT molecular complexity index is 1090. The molecule has 1 aliphatic rings. The van der Waals surface area contributed by atoms with Crippen LogP contribution in [0.5, 0.6) is 0 Å². The molecule has 219 valence electrons. The molecule has 40 heavy (non-hydrogen) atoms. The summed E-state index contributed by atoms with van der Waals surface area (Å²) in [6.45, 7) is 19.4. The highest BCUT2D eigenvalue weighted by molar-refractivity contribution is 6.43. The Labute approximate surface area is 241 Å². The fourth-order valence-electron chi connectivity index (χ4n) is 3.96. The fraction of sp³-hybridized carbons (Fsp3) is 0.548. The van der Waals surface area contributed by atoms with Gasteiger partial charge in [0.2, 0.25) is 0 Å². The highest BCUT2D eigenvalue weighted by atomic mass is 19.1. The van der Waals surface area contributed by atoms with Crippen LogP contribution in [0.4, 0.5) is 8.78 Å². The standard InChI is InChI=1S/C22H37BN5O.C9H10F2/c1-8-10-11-27-17(3)20(18(4)28-14-12-26-13-15-28)19(9-2)23-29-21(5,6)22(7,25)16-24;1-2-3-7-4-8(10)6-9(11)5-7/h9-11,26H,8,12-15,25H2,1-7H3;4-6H,2-3H2,1H3/b11-10+,19-9+,20-18-,27-17+;. The van der Waals surface area contributed by atoms with Crippen LogP contribution in [-0.4, -0.2) is 55.4 Å². The van der Waals surface area contributed by atoms with Gasteiger partial charge in [-0.3, -0.25) is 4.99 Å². The second kappa shape index (κ2) is 17.1. The number of benzene rings is 1. The maximum atomic E-state index is 12.5. The van der Waals surface area contributed by atoms with Crippen molar-refractivity contribution in [1.29, 1.82) is 5.26 Å². The maximum absolute atomic E-state index is 12.5. The third-order valence-electron chi connectivity index (χ3n) is 6.95. The van der Waals surface area contributed by atoms with Gasteiger partial charge >= 0.3 is 7.48 Å². The van der Waals surface area contributed by atoms with Gasteiger partial charge in [0.1, 0.15) is 17.2 Å². The van der Waals surface area contributed by atoms with Gasteiger partial charge in [-0.25, -0.2) is 8.78 Å². The van der Waals surface area contributed by atoms with E-state index in [1.54, 1.807) is 14.4 Å². The van der Waals surface area contributed by atoms with Crippen molar-refractivity contribution >= 4 is 13.2 Å². The number of aryl methyl sites for hydroxylation is 1. The molecule has 1 aromatic carbocycles. The summed E-state index contributed by atoms with van der Waals surface area (Å²) in [5.74, 6) is -0.984. The molecule has 1 heterocycles. The molecule has 1 aromatic rings. The molecule has 1 atom stereocenters. The Balaban J connectivity index is 0.000000603. The molecular formula is C31H47BF2N5O. The first-order valence-corrected chi connectivity index (χ1v) is 14.0. The number of hydrogen-bond donors (Lipinski definition) is 2. The second-order valence-corrected chi connectivity index (χ2v) is 10.5. The minimum atomic E-state index is -1.12. The lowest BCUT2D eigenvalue weighted by Gasteiger charge is -2.37. The molecule has 1 fully saturated rings. The number of nitrogens with two attached hydrogens (primary N) is 1. The number of piperazine rings is 1. The number of halogens is 2. The summed E-state index contributed by atoms with van der Waals surface area (Å²) in [6.07, 6.45) is 8.48. The number of nitriles is 1. The predicted molar refractivity (Wildman–Crippen MR) is 163 cm³/mol. The van der Waals surface area contributed by atoms with Crippen LogP contribution in [0.3, 0.4) is 0 Å². The number of allylic oxidation sites excluding steroid dienone is 5. The van der Waals surface area contributed by atoms with E-state index in [-0.39, 0.29) is 0 Å². The van der Waals surface area contributed by atoms with E-state index in [4.69, 9.17) is 10.4 Å². The predicted octanol–water partition coefficient (Wildman–Crippen LogP) is 6.03. The van der Waals surface area contributed by atoms with Crippen LogP contribution >= 0.6 is 0 Å². The number of hydrogen-bond acceptors (Lipinski definition) is 6. The average molecular weight is 555 g/mol. The first-order valence-electron chi connectivity index (χ1n) is 14.0. The van der Waals surface area contributed by atoms with Crippen LogP contribution in [-0.2, 0) is 11.1 Å². The van der Waals surface area contributed by atoms with Gasteiger partial charge in [0, 0.05) is 55.4 Å². The molecule has 2 rings (SSSR count). The SMILES string of the molecule is CCCc1cc(F)cc(F)c1.C\C=C([B]OC(C)(C)C(C)(N)C#N)/C(C(/C)=N/C=C/CC)=C(/C)N1CCNCC1. The lowest BCUT2D eigenvalue weighted by Crippen LogP contribution is -2.56. The summed E-state index contributed by atoms with van der Waals surface area (Å²) in [5, 5.41) is 12.8. The van der Waals surface area contributed by atoms with Crippen molar-refractivity contribution in [1.82, 2.24) is 10.2 Å². The topological polar surface area (TPSA) is 86.7 Å². The van der Waals surface area contributed by atoms with Crippen molar-refractivity contribution in [2.75, 3.05) is 26.2 Å². The Morgan fingerprint density at radius 3 is 2.27 bits per heavy atom. The van der Waals surface area contributed by atoms with E-state index in [2.05, 4.69) is 35.1 Å². The van der Waals surface area contributed by atoms with Gasteiger partial charge < -0.3 is 20.6 Å². The van der Waals surface area contributed by atoms with Crippen molar-refractivity contribution in [2.45, 2.75) is 85.8 Å². The van der Waals surface area contributed by atoms with E-state index in [0.29, 0.717) is 0 Å². The molecule has 1 unspecified atom stereocenters. The smallest absolute Gasteiger partial charge is 0.331 e. The molecule has 0 bridgehead atoms. The van der Waals surface area contributed by atoms with E-state index in [9.17, 15) is 14.0 Å². The Kier molecular flexibility index (Phi) is 15.1. The molecule has 0 aliphatic carbocycles. The zero-order valence-electron chi connectivity index (χ0n) is 25.6. The van der Waals surface area contributed by atoms with Crippen LogP contribution in [0.2, 0.25) is 0 Å². The van der Waals surface area contributed by atoms with Crippen LogP contribution < -0.4 is 11.1 Å². The zero-order valence-corrected chi connectivity index (χ0v) is 25.6. The summed E-state index contributed by atoms with van der Waals surface area (Å²) in [6, 6.07) is 5.76. The van der Waals surface area contributed by atoms with Crippen LogP contribution in [0.1, 0.15) is 73.8 Å². The van der Waals surface area contributed by atoms with Crippen LogP contribution in [0.25, 0.3) is 0 Å². The lowest BCUT2D eigenvalue weighted by molar-refractivity contribution is 0.0631. The van der Waals surface area contributed by atoms with E-state index in [1.165, 1.54) is 17.8 Å². The Hall–Kier alpha value is -2.80. The van der Waals surface area contributed by atoms with Crippen molar-refractivity contribution in [3.05, 3.63) is 70.5 Å². The van der Waals surface area contributed by atoms with E-state index in [0.717, 1.165) is 73.8 Å². The molecule has 0 spiro atoms. The van der Waals surface area contributed by atoms with Crippen molar-refractivity contribution in [3.8, 4) is 6.07 Å². The zero-order chi connectivity index (χ0) is 30.3. The monoisotopic (exact) mass is 554 g/mol. The highest BCUT2D eigenvalue weighted by Crippen LogP contribution is 2.26. The molecule has 3 N–H and O–H groups in total. The van der Waals surface area contributed by atoms with Crippen molar-refractivity contribution < 1.29 is 13.4 Å². The van der Waals surface area contributed by atoms with Gasteiger partial charge in [-0.05, 0) is 77.6 Å². The molecule has 9 heteroatoms. The summed E-state index contributed by atoms with van der Waals surface area (Å²) in [7, 11) is 1.71. The van der Waals surface area contributed by atoms with Crippen LogP contribution in [0, 0.1) is 23.0 Å². The Morgan fingerprint density at radius 1 is 1.18 bits per heavy atom. The number of rotatable bonds is 11. The summed E-state index contributed by atoms with van der Waals surface area (Å²) >= 11 is 0. The van der Waals surface area contributed by atoms with Gasteiger partial charge in [0.05, 0.1) is 11.7 Å². The molecule has 0 aromatic heterocycles. The number of nitrogens with zero attached hydrogens (tertiary/aromatic N) is 3. The average Bonchev–Trinajstić information content (AvgIpc) is 2.91. The fourth-order valence-corrected chi connectivity index (χ4v) is 3.96. The van der Waals surface area contributed by atoms with Crippen LogP contribution in [0.15, 0.2) is 58.3 Å². The Morgan fingerprint density at radius 2 is 1.77 bits per heavy atom. The highest BCUT2D eigenvalue weighted by Gasteiger charge is 2.39. The molecule has 1 aliphatic heterocycles. The molecule has 1 radical (unpaired) electrons. The molecule has 0 amide bonds. The van der Waals surface area contributed by atoms with E-state index < -0.39 is 22.8 Å². The quantitative estimate of drug-likeness (QED) is 0.198. The first-order chi connectivity index (χ1) is 18.8. The number of aliphatic imine (C=N–C) groups is 1. The lowest BCUT2D eigenvalue weighted by atomic mass is 9.76. The second-order valence-electron chi connectivity index (χ2n) is 10.5. The van der Waals surface area contributed by atoms with Gasteiger partial charge in [-0.1, -0.05) is 32.4 Å². The van der Waals surface area contributed by atoms with Crippen molar-refractivity contribution in [2.24, 2.45) is 10.7 Å². The largest absolute Gasteiger partial charge is 0.427 e. The minimum Gasteiger partial charge on any atom is -0.427 e. The third kappa shape index (κ3) is 11.0. The first kappa shape index (κ1) is 35.2. The minimum absolute atomic E-state index is 0.492. The van der Waals surface area contributed by atoms with Gasteiger partial charge in [0.15, 0.2) is 0 Å². The summed E-state index contributed by atoms with van der Waals surface area (Å²) in [5.41, 5.74) is 8.95. The molecule has 1 saturated heterocycles. The molecule has 0 saturated carbocycles. The van der Waals surface area contributed by atoms with Gasteiger partial charge in [-0.2, -0.15) is 5.26 Å². The molecular weight excluding hydrogens is 507 g/mol. The normalized spacial score (nSPS) is 17.0. The van der Waals surface area contributed by atoms with E-state index in [1.807, 2.05) is 53.0 Å². The van der Waals surface area contributed by atoms with Gasteiger partial charge in [-0.15, -0.1) is 0 Å². The van der Waals surface area contributed by atoms with Crippen molar-refractivity contribution in [3.63, 3.8) is 0 Å².